The molecule has 1 aliphatic heterocycles. The topological polar surface area (TPSA) is 60.9 Å². The number of carbonyl (C=O) groups is 2. The third-order valence-corrected chi connectivity index (χ3v) is 2.23. The van der Waals surface area contributed by atoms with Crippen LogP contribution in [0.2, 0.25) is 0 Å². The fourth-order valence-electron chi connectivity index (χ4n) is 1.01. The van der Waals surface area contributed by atoms with Gasteiger partial charge in [-0.15, -0.1) is 0 Å². The molecule has 1 heterocycles. The van der Waals surface area contributed by atoms with Gasteiger partial charge in [0.1, 0.15) is 0 Å². The SMILES string of the molecule is CN1C(=O)N(C)C(O)C(F)(Cl)C1=O. The van der Waals surface area contributed by atoms with Crippen LogP contribution in [-0.4, -0.2) is 52.3 Å². The Morgan fingerprint density at radius 3 is 2.46 bits per heavy atom. The molecule has 0 radical (unpaired) electrons. The molecule has 2 unspecified atom stereocenters. The van der Waals surface area contributed by atoms with Crippen molar-refractivity contribution < 1.29 is 19.1 Å². The Bertz CT molecular complexity index is 271. The first-order valence-corrected chi connectivity index (χ1v) is 3.78. The zero-order chi connectivity index (χ0) is 10.4. The summed E-state index contributed by atoms with van der Waals surface area (Å²) in [4.78, 5) is 23.3. The molecule has 1 saturated heterocycles. The van der Waals surface area contributed by atoms with Crippen molar-refractivity contribution in [3.05, 3.63) is 0 Å². The number of rotatable bonds is 0. The molecule has 0 spiro atoms. The molecule has 5 nitrogen and oxygen atoms in total. The molecule has 3 amide bonds. The number of carbonyl (C=O) groups excluding carboxylic acids is 2. The number of hydrogen-bond acceptors (Lipinski definition) is 3. The van der Waals surface area contributed by atoms with Gasteiger partial charge in [0.05, 0.1) is 0 Å². The number of hydrogen-bond donors (Lipinski definition) is 1. The fraction of sp³-hybridized carbons (Fsp3) is 0.667. The number of aliphatic hydroxyl groups is 1. The van der Waals surface area contributed by atoms with Crippen LogP contribution >= 0.6 is 11.6 Å². The molecule has 1 fully saturated rings. The summed E-state index contributed by atoms with van der Waals surface area (Å²) >= 11 is 5.13. The number of aliphatic hydroxyl groups excluding tert-OH is 1. The molecule has 13 heavy (non-hydrogen) atoms. The van der Waals surface area contributed by atoms with Gasteiger partial charge in [-0.1, -0.05) is 11.6 Å². The van der Waals surface area contributed by atoms with E-state index in [0.717, 1.165) is 14.1 Å². The Morgan fingerprint density at radius 1 is 1.54 bits per heavy atom. The number of urea groups is 1. The minimum Gasteiger partial charge on any atom is -0.369 e. The molecule has 0 saturated carbocycles. The minimum absolute atomic E-state index is 0.514. The molecule has 1 N–H and O–H groups in total. The van der Waals surface area contributed by atoms with Crippen LogP contribution in [0.3, 0.4) is 0 Å². The third-order valence-electron chi connectivity index (χ3n) is 1.87. The quantitative estimate of drug-likeness (QED) is 0.560. The van der Waals surface area contributed by atoms with Gasteiger partial charge in [-0.3, -0.25) is 14.6 Å². The molecular weight excluding hydrogens is 203 g/mol. The van der Waals surface area contributed by atoms with E-state index in [1.807, 2.05) is 0 Å². The zero-order valence-electron chi connectivity index (χ0n) is 6.99. The predicted molar refractivity (Wildman–Crippen MR) is 41.6 cm³/mol. The van der Waals surface area contributed by atoms with Gasteiger partial charge < -0.3 is 5.11 Å². The first-order valence-electron chi connectivity index (χ1n) is 3.41. The van der Waals surface area contributed by atoms with Gasteiger partial charge in [-0.25, -0.2) is 9.18 Å². The summed E-state index contributed by atoms with van der Waals surface area (Å²) in [6.45, 7) is 0. The maximum absolute atomic E-state index is 13.3. The molecule has 0 aromatic heterocycles. The van der Waals surface area contributed by atoms with Gasteiger partial charge in [0.25, 0.3) is 5.91 Å². The first kappa shape index (κ1) is 10.2. The molecule has 2 atom stereocenters. The summed E-state index contributed by atoms with van der Waals surface area (Å²) in [7, 11) is 2.23. The molecule has 1 rings (SSSR count). The van der Waals surface area contributed by atoms with E-state index < -0.39 is 23.3 Å². The molecule has 0 aromatic carbocycles. The van der Waals surface area contributed by atoms with E-state index in [1.54, 1.807) is 0 Å². The Hall–Kier alpha value is -0.880. The lowest BCUT2D eigenvalue weighted by atomic mass is 10.2. The van der Waals surface area contributed by atoms with Crippen molar-refractivity contribution >= 4 is 23.5 Å². The lowest BCUT2D eigenvalue weighted by Gasteiger charge is -2.39. The van der Waals surface area contributed by atoms with E-state index in [9.17, 15) is 14.0 Å². The van der Waals surface area contributed by atoms with Crippen molar-refractivity contribution in [2.24, 2.45) is 0 Å². The molecular formula is C6H8ClFN2O3. The fourth-order valence-corrected chi connectivity index (χ4v) is 1.28. The monoisotopic (exact) mass is 210 g/mol. The summed E-state index contributed by atoms with van der Waals surface area (Å²) < 4.78 is 13.3. The van der Waals surface area contributed by atoms with Crippen molar-refractivity contribution in [2.75, 3.05) is 14.1 Å². The van der Waals surface area contributed by atoms with Crippen LogP contribution in [0.5, 0.6) is 0 Å². The van der Waals surface area contributed by atoms with Crippen LogP contribution in [0.25, 0.3) is 0 Å². The maximum atomic E-state index is 13.3. The normalized spacial score (nSPS) is 35.6. The zero-order valence-corrected chi connectivity index (χ0v) is 7.75. The smallest absolute Gasteiger partial charge is 0.328 e. The highest BCUT2D eigenvalue weighted by Crippen LogP contribution is 2.30. The molecule has 0 aliphatic carbocycles. The van der Waals surface area contributed by atoms with Crippen molar-refractivity contribution in [2.45, 2.75) is 11.4 Å². The second-order valence-electron chi connectivity index (χ2n) is 2.75. The van der Waals surface area contributed by atoms with Crippen molar-refractivity contribution in [1.82, 2.24) is 9.80 Å². The predicted octanol–water partition coefficient (Wildman–Crippen LogP) is -0.267. The average molecular weight is 211 g/mol. The Labute approximate surface area is 78.7 Å². The van der Waals surface area contributed by atoms with Gasteiger partial charge in [0.2, 0.25) is 0 Å². The van der Waals surface area contributed by atoms with Gasteiger partial charge in [-0.05, 0) is 0 Å². The highest BCUT2D eigenvalue weighted by Gasteiger charge is 2.55. The molecule has 0 aromatic rings. The van der Waals surface area contributed by atoms with Gasteiger partial charge in [0.15, 0.2) is 6.23 Å². The highest BCUT2D eigenvalue weighted by molar-refractivity contribution is 6.35. The maximum Gasteiger partial charge on any atom is 0.328 e. The molecule has 0 bridgehead atoms. The number of nitrogens with zero attached hydrogens (tertiary/aromatic N) is 2. The van der Waals surface area contributed by atoms with Gasteiger partial charge >= 0.3 is 11.2 Å². The summed E-state index contributed by atoms with van der Waals surface area (Å²) in [6.07, 6.45) is -1.95. The lowest BCUT2D eigenvalue weighted by Crippen LogP contribution is -2.65. The van der Waals surface area contributed by atoms with E-state index in [4.69, 9.17) is 16.7 Å². The number of amides is 3. The number of halogens is 2. The van der Waals surface area contributed by atoms with Crippen molar-refractivity contribution in [3.63, 3.8) is 0 Å². The average Bonchev–Trinajstić information content (AvgIpc) is 2.09. The van der Waals surface area contributed by atoms with Crippen molar-refractivity contribution in [3.8, 4) is 0 Å². The molecule has 1 aliphatic rings. The lowest BCUT2D eigenvalue weighted by molar-refractivity contribution is -0.153. The Balaban J connectivity index is 3.07. The summed E-state index contributed by atoms with van der Waals surface area (Å²) in [5.74, 6) is -1.26. The van der Waals surface area contributed by atoms with Crippen LogP contribution in [0.1, 0.15) is 0 Å². The highest BCUT2D eigenvalue weighted by atomic mass is 35.5. The summed E-state index contributed by atoms with van der Waals surface area (Å²) in [5, 5.41) is 6.15. The van der Waals surface area contributed by atoms with Crippen LogP contribution in [0, 0.1) is 0 Å². The standard InChI is InChI=1S/C6H8ClFN2O3/c1-9-3(11)6(7,8)4(12)10(2)5(9)13/h3,11H,1-2H3. The van der Waals surface area contributed by atoms with Crippen LogP contribution in [0.15, 0.2) is 0 Å². The molecule has 74 valence electrons. The second kappa shape index (κ2) is 2.81. The summed E-state index contributed by atoms with van der Waals surface area (Å²) in [5.41, 5.74) is 0. The van der Waals surface area contributed by atoms with Crippen LogP contribution in [-0.2, 0) is 4.79 Å². The number of alkyl halides is 2. The van der Waals surface area contributed by atoms with Crippen LogP contribution in [0.4, 0.5) is 9.18 Å². The van der Waals surface area contributed by atoms with Gasteiger partial charge in [0, 0.05) is 14.1 Å². The van der Waals surface area contributed by atoms with Gasteiger partial charge in [-0.2, -0.15) is 0 Å². The van der Waals surface area contributed by atoms with E-state index in [1.165, 1.54) is 0 Å². The van der Waals surface area contributed by atoms with Crippen LogP contribution < -0.4 is 0 Å². The van der Waals surface area contributed by atoms with E-state index in [-0.39, 0.29) is 0 Å². The molecule has 7 heteroatoms. The Morgan fingerprint density at radius 2 is 2.00 bits per heavy atom. The Kier molecular flexibility index (Phi) is 2.21. The minimum atomic E-state index is -2.96. The number of imide groups is 1. The summed E-state index contributed by atoms with van der Waals surface area (Å²) in [6, 6.07) is -0.800. The second-order valence-corrected chi connectivity index (χ2v) is 3.30. The largest absolute Gasteiger partial charge is 0.369 e. The third kappa shape index (κ3) is 1.26. The van der Waals surface area contributed by atoms with E-state index >= 15 is 0 Å². The van der Waals surface area contributed by atoms with Crippen molar-refractivity contribution in [1.29, 1.82) is 0 Å². The van der Waals surface area contributed by atoms with E-state index in [0.29, 0.717) is 9.80 Å². The van der Waals surface area contributed by atoms with E-state index in [2.05, 4.69) is 0 Å². The first-order chi connectivity index (χ1) is 5.80.